The minimum atomic E-state index is -0.631. The molecule has 1 unspecified atom stereocenters. The summed E-state index contributed by atoms with van der Waals surface area (Å²) in [5.41, 5.74) is 1.93. The maximum absolute atomic E-state index is 10.0. The molecule has 0 saturated carbocycles. The Morgan fingerprint density at radius 2 is 2.28 bits per heavy atom. The maximum atomic E-state index is 10.0. The van der Waals surface area contributed by atoms with E-state index < -0.39 is 6.10 Å². The van der Waals surface area contributed by atoms with Crippen LogP contribution in [0.15, 0.2) is 28.7 Å². The van der Waals surface area contributed by atoms with Crippen molar-refractivity contribution >= 4 is 11.0 Å². The Morgan fingerprint density at radius 1 is 1.44 bits per heavy atom. The second-order valence-corrected chi connectivity index (χ2v) is 4.35. The Kier molecular flexibility index (Phi) is 4.36. The predicted octanol–water partition coefficient (Wildman–Crippen LogP) is 2.01. The van der Waals surface area contributed by atoms with Crippen molar-refractivity contribution < 1.29 is 14.3 Å². The summed E-state index contributed by atoms with van der Waals surface area (Å²) < 4.78 is 10.6. The third-order valence-corrected chi connectivity index (χ3v) is 2.91. The number of rotatable bonds is 6. The Morgan fingerprint density at radius 3 is 3.00 bits per heavy atom. The fourth-order valence-electron chi connectivity index (χ4n) is 1.91. The van der Waals surface area contributed by atoms with Crippen LogP contribution in [0.4, 0.5) is 0 Å². The monoisotopic (exact) mass is 249 g/mol. The van der Waals surface area contributed by atoms with Gasteiger partial charge in [0, 0.05) is 25.6 Å². The molecule has 1 heterocycles. The first-order valence-electron chi connectivity index (χ1n) is 6.09. The molecule has 0 amide bonds. The Labute approximate surface area is 107 Å². The molecule has 0 saturated heterocycles. The fourth-order valence-corrected chi connectivity index (χ4v) is 1.91. The van der Waals surface area contributed by atoms with Crippen LogP contribution in [0.1, 0.15) is 17.4 Å². The molecule has 0 radical (unpaired) electrons. The number of aryl methyl sites for hydroxylation is 1. The highest BCUT2D eigenvalue weighted by Gasteiger charge is 2.13. The minimum absolute atomic E-state index is 0.461. The van der Waals surface area contributed by atoms with Crippen molar-refractivity contribution in [3.8, 4) is 0 Å². The van der Waals surface area contributed by atoms with E-state index in [0.29, 0.717) is 25.5 Å². The van der Waals surface area contributed by atoms with E-state index in [4.69, 9.17) is 9.15 Å². The lowest BCUT2D eigenvalue weighted by molar-refractivity contribution is 0.142. The van der Waals surface area contributed by atoms with Crippen LogP contribution in [-0.4, -0.2) is 31.9 Å². The van der Waals surface area contributed by atoms with Crippen LogP contribution in [0.2, 0.25) is 0 Å². The Bertz CT molecular complexity index is 507. The van der Waals surface area contributed by atoms with Gasteiger partial charge < -0.3 is 19.6 Å². The first-order valence-corrected chi connectivity index (χ1v) is 6.09. The molecule has 0 aliphatic heterocycles. The molecule has 98 valence electrons. The van der Waals surface area contributed by atoms with E-state index >= 15 is 0 Å². The molecule has 4 nitrogen and oxygen atoms in total. The lowest BCUT2D eigenvalue weighted by Gasteiger charge is -2.08. The van der Waals surface area contributed by atoms with Gasteiger partial charge >= 0.3 is 0 Å². The van der Waals surface area contributed by atoms with Gasteiger partial charge in [0.15, 0.2) is 0 Å². The molecule has 0 spiro atoms. The third kappa shape index (κ3) is 2.90. The van der Waals surface area contributed by atoms with Crippen LogP contribution in [0, 0.1) is 6.92 Å². The Balaban J connectivity index is 2.04. The summed E-state index contributed by atoms with van der Waals surface area (Å²) in [5, 5.41) is 14.2. The van der Waals surface area contributed by atoms with Crippen LogP contribution < -0.4 is 5.32 Å². The largest absolute Gasteiger partial charge is 0.458 e. The van der Waals surface area contributed by atoms with E-state index in [-0.39, 0.29) is 0 Å². The van der Waals surface area contributed by atoms with E-state index in [1.807, 2.05) is 31.2 Å². The average molecular weight is 249 g/mol. The number of ether oxygens (including phenoxy) is 1. The SMILES string of the molecule is COCCNCC(O)c1cc2cccc(C)c2o1. The molecular weight excluding hydrogens is 230 g/mol. The van der Waals surface area contributed by atoms with Gasteiger partial charge in [-0.2, -0.15) is 0 Å². The molecule has 4 heteroatoms. The smallest absolute Gasteiger partial charge is 0.137 e. The van der Waals surface area contributed by atoms with Gasteiger partial charge in [0.1, 0.15) is 17.4 Å². The van der Waals surface area contributed by atoms with E-state index in [2.05, 4.69) is 5.32 Å². The highest BCUT2D eigenvalue weighted by Crippen LogP contribution is 2.25. The second-order valence-electron chi connectivity index (χ2n) is 4.35. The summed E-state index contributed by atoms with van der Waals surface area (Å²) in [6.07, 6.45) is -0.631. The van der Waals surface area contributed by atoms with Crippen LogP contribution in [0.5, 0.6) is 0 Å². The highest BCUT2D eigenvalue weighted by molar-refractivity contribution is 5.80. The zero-order valence-electron chi connectivity index (χ0n) is 10.8. The zero-order chi connectivity index (χ0) is 13.0. The fraction of sp³-hybridized carbons (Fsp3) is 0.429. The van der Waals surface area contributed by atoms with Crippen LogP contribution in [0.25, 0.3) is 11.0 Å². The minimum Gasteiger partial charge on any atom is -0.458 e. The van der Waals surface area contributed by atoms with Crippen molar-refractivity contribution in [3.63, 3.8) is 0 Å². The van der Waals surface area contributed by atoms with Crippen molar-refractivity contribution in [1.82, 2.24) is 5.32 Å². The van der Waals surface area contributed by atoms with E-state index in [1.54, 1.807) is 7.11 Å². The lowest BCUT2D eigenvalue weighted by atomic mass is 10.1. The van der Waals surface area contributed by atoms with Crippen molar-refractivity contribution in [1.29, 1.82) is 0 Å². The molecule has 0 fully saturated rings. The van der Waals surface area contributed by atoms with Crippen LogP contribution in [0.3, 0.4) is 0 Å². The van der Waals surface area contributed by atoms with Crippen LogP contribution in [-0.2, 0) is 4.74 Å². The second kappa shape index (κ2) is 6.00. The summed E-state index contributed by atoms with van der Waals surface area (Å²) in [6, 6.07) is 7.87. The van der Waals surface area contributed by atoms with Gasteiger partial charge in [-0.1, -0.05) is 18.2 Å². The number of fused-ring (bicyclic) bond motifs is 1. The van der Waals surface area contributed by atoms with Gasteiger partial charge in [0.25, 0.3) is 0 Å². The molecule has 18 heavy (non-hydrogen) atoms. The molecule has 0 bridgehead atoms. The molecule has 0 aliphatic rings. The summed E-state index contributed by atoms with van der Waals surface area (Å²) in [7, 11) is 1.65. The average Bonchev–Trinajstić information content (AvgIpc) is 2.80. The summed E-state index contributed by atoms with van der Waals surface area (Å²) in [5.74, 6) is 0.601. The summed E-state index contributed by atoms with van der Waals surface area (Å²) in [4.78, 5) is 0. The quantitative estimate of drug-likeness (QED) is 0.769. The summed E-state index contributed by atoms with van der Waals surface area (Å²) >= 11 is 0. The molecular formula is C14H19NO3. The standard InChI is InChI=1S/C14H19NO3/c1-10-4-3-5-11-8-13(18-14(10)11)12(16)9-15-6-7-17-2/h3-5,8,12,15-16H,6-7,9H2,1-2H3. The van der Waals surface area contributed by atoms with E-state index in [9.17, 15) is 5.11 Å². The first-order chi connectivity index (χ1) is 8.72. The number of hydrogen-bond acceptors (Lipinski definition) is 4. The number of aliphatic hydroxyl groups excluding tert-OH is 1. The van der Waals surface area contributed by atoms with Gasteiger partial charge in [-0.15, -0.1) is 0 Å². The highest BCUT2D eigenvalue weighted by atomic mass is 16.5. The normalized spacial score (nSPS) is 13.1. The number of nitrogens with one attached hydrogen (secondary N) is 1. The van der Waals surface area contributed by atoms with E-state index in [0.717, 1.165) is 16.5 Å². The predicted molar refractivity (Wildman–Crippen MR) is 70.7 cm³/mol. The number of para-hydroxylation sites is 1. The van der Waals surface area contributed by atoms with Crippen molar-refractivity contribution in [2.45, 2.75) is 13.0 Å². The topological polar surface area (TPSA) is 54.6 Å². The van der Waals surface area contributed by atoms with Crippen molar-refractivity contribution in [2.24, 2.45) is 0 Å². The molecule has 1 aromatic carbocycles. The van der Waals surface area contributed by atoms with Crippen molar-refractivity contribution in [2.75, 3.05) is 26.8 Å². The van der Waals surface area contributed by atoms with Gasteiger partial charge in [0.2, 0.25) is 0 Å². The molecule has 2 rings (SSSR count). The number of aliphatic hydroxyl groups is 1. The molecule has 1 atom stereocenters. The third-order valence-electron chi connectivity index (χ3n) is 2.91. The number of methoxy groups -OCH3 is 1. The van der Waals surface area contributed by atoms with Crippen LogP contribution >= 0.6 is 0 Å². The van der Waals surface area contributed by atoms with Gasteiger partial charge in [0.05, 0.1) is 6.61 Å². The first kappa shape index (κ1) is 13.1. The maximum Gasteiger partial charge on any atom is 0.137 e. The molecule has 1 aromatic heterocycles. The molecule has 2 aromatic rings. The van der Waals surface area contributed by atoms with E-state index in [1.165, 1.54) is 0 Å². The number of furan rings is 1. The number of benzene rings is 1. The molecule has 2 N–H and O–H groups in total. The molecule has 0 aliphatic carbocycles. The van der Waals surface area contributed by atoms with Gasteiger partial charge in [-0.05, 0) is 18.6 Å². The van der Waals surface area contributed by atoms with Gasteiger partial charge in [-0.3, -0.25) is 0 Å². The lowest BCUT2D eigenvalue weighted by Crippen LogP contribution is -2.24. The number of hydrogen-bond donors (Lipinski definition) is 2. The Hall–Kier alpha value is -1.36. The van der Waals surface area contributed by atoms with Gasteiger partial charge in [-0.25, -0.2) is 0 Å². The van der Waals surface area contributed by atoms with Crippen molar-refractivity contribution in [3.05, 3.63) is 35.6 Å². The summed E-state index contributed by atoms with van der Waals surface area (Å²) in [6.45, 7) is 3.81. The zero-order valence-corrected chi connectivity index (χ0v) is 10.8.